The summed E-state index contributed by atoms with van der Waals surface area (Å²) >= 11 is 2.87. The molecule has 462 valence electrons. The fraction of sp³-hybridized carbons (Fsp3) is 0.587. The number of phenols is 2. The van der Waals surface area contributed by atoms with Gasteiger partial charge in [0.15, 0.2) is 0 Å². The molecule has 20 heteroatoms. The van der Waals surface area contributed by atoms with Crippen LogP contribution >= 0.6 is 23.5 Å². The van der Waals surface area contributed by atoms with Gasteiger partial charge in [0.25, 0.3) is 0 Å². The minimum Gasteiger partial charge on any atom is -0.508 e. The number of alkyl halides is 10. The van der Waals surface area contributed by atoms with Crippen LogP contribution < -0.4 is 9.47 Å². The Bertz CT molecular complexity index is 2620. The van der Waals surface area contributed by atoms with E-state index in [1.54, 1.807) is 48.5 Å². The summed E-state index contributed by atoms with van der Waals surface area (Å²) in [5.41, 5.74) is 4.24. The zero-order valence-corrected chi connectivity index (χ0v) is 49.2. The smallest absolute Gasteiger partial charge is 0.453 e. The van der Waals surface area contributed by atoms with E-state index in [0.717, 1.165) is 136 Å². The average molecular weight is 1220 g/mol. The molecule has 2 aliphatic heterocycles. The number of rotatable bonds is 32. The molecule has 2 heterocycles. The van der Waals surface area contributed by atoms with Crippen LogP contribution in [-0.4, -0.2) is 94.8 Å². The number of carboxylic acids is 1. The van der Waals surface area contributed by atoms with E-state index in [1.165, 1.54) is 30.6 Å². The van der Waals surface area contributed by atoms with E-state index in [-0.39, 0.29) is 58.5 Å². The van der Waals surface area contributed by atoms with Crippen LogP contribution in [0.15, 0.2) is 84.9 Å². The van der Waals surface area contributed by atoms with Crippen molar-refractivity contribution in [2.45, 2.75) is 189 Å². The highest BCUT2D eigenvalue weighted by atomic mass is 32.2. The predicted molar refractivity (Wildman–Crippen MR) is 308 cm³/mol. The Balaban J connectivity index is 0.000000304. The Morgan fingerprint density at radius 1 is 0.506 bits per heavy atom. The topological polar surface area (TPSA) is 123 Å². The van der Waals surface area contributed by atoms with Crippen LogP contribution in [0.4, 0.5) is 43.9 Å². The summed E-state index contributed by atoms with van der Waals surface area (Å²) in [4.78, 5) is 23.2. The van der Waals surface area contributed by atoms with Crippen molar-refractivity contribution in [2.24, 2.45) is 0 Å². The molecule has 0 radical (unpaired) electrons. The Labute approximate surface area is 490 Å². The molecule has 0 bridgehead atoms. The lowest BCUT2D eigenvalue weighted by Gasteiger charge is -2.43. The molecule has 8 nitrogen and oxygen atoms in total. The highest BCUT2D eigenvalue weighted by molar-refractivity contribution is 7.99. The number of esters is 1. The molecule has 0 fully saturated rings. The summed E-state index contributed by atoms with van der Waals surface area (Å²) in [5, 5.41) is 29.2. The van der Waals surface area contributed by atoms with Gasteiger partial charge in [-0.2, -0.15) is 67.4 Å². The normalized spacial score (nSPS) is 18.9. The minimum absolute atomic E-state index is 0.135. The molecule has 4 atom stereocenters. The first-order valence-electron chi connectivity index (χ1n) is 28.7. The maximum Gasteiger partial charge on any atom is 0.453 e. The van der Waals surface area contributed by atoms with Crippen molar-refractivity contribution in [1.29, 1.82) is 0 Å². The summed E-state index contributed by atoms with van der Waals surface area (Å²) in [6.07, 6.45) is 2.84. The van der Waals surface area contributed by atoms with E-state index in [2.05, 4.69) is 13.8 Å². The number of carbonyl (C=O) groups excluding carboxylic acids is 1. The number of carbonyl (C=O) groups is 2. The monoisotopic (exact) mass is 1220 g/mol. The maximum atomic E-state index is 12.9. The number of hydrogen-bond acceptors (Lipinski definition) is 9. The molecule has 0 aromatic heterocycles. The number of aromatic carboxylic acids is 1. The van der Waals surface area contributed by atoms with Crippen molar-refractivity contribution < 1.29 is 83.0 Å². The van der Waals surface area contributed by atoms with Crippen LogP contribution in [-0.2, 0) is 15.6 Å². The van der Waals surface area contributed by atoms with E-state index >= 15 is 0 Å². The van der Waals surface area contributed by atoms with Gasteiger partial charge in [-0.15, -0.1) is 0 Å². The third-order valence-electron chi connectivity index (χ3n) is 16.0. The van der Waals surface area contributed by atoms with E-state index in [4.69, 9.17) is 14.2 Å². The van der Waals surface area contributed by atoms with E-state index in [1.807, 2.05) is 36.4 Å². The summed E-state index contributed by atoms with van der Waals surface area (Å²) in [5.74, 6) is -6.38. The van der Waals surface area contributed by atoms with Gasteiger partial charge in [-0.05, 0) is 120 Å². The first-order chi connectivity index (χ1) is 39.2. The second-order valence-electron chi connectivity index (χ2n) is 22.3. The number of ether oxygens (including phenoxy) is 3. The number of carboxylic acid groups (broad SMARTS) is 1. The molecular weight excluding hydrogens is 1140 g/mol. The largest absolute Gasteiger partial charge is 0.508 e. The van der Waals surface area contributed by atoms with Gasteiger partial charge < -0.3 is 29.5 Å². The molecule has 0 amide bonds. The molecule has 0 aliphatic carbocycles. The number of aromatic hydroxyl groups is 2. The van der Waals surface area contributed by atoms with Crippen LogP contribution in [0, 0.1) is 0 Å². The number of unbranched alkanes of at least 4 members (excludes halogenated alkanes) is 12. The number of methoxy groups -OCH3 is 1. The molecule has 0 spiro atoms. The second kappa shape index (κ2) is 32.0. The number of thioether (sulfide) groups is 2. The van der Waals surface area contributed by atoms with Crippen molar-refractivity contribution in [3.8, 4) is 23.0 Å². The first kappa shape index (κ1) is 68.8. The predicted octanol–water partition coefficient (Wildman–Crippen LogP) is 18.8. The van der Waals surface area contributed by atoms with E-state index < -0.39 is 43.0 Å². The van der Waals surface area contributed by atoms with Gasteiger partial charge in [-0.3, -0.25) is 0 Å². The van der Waals surface area contributed by atoms with Crippen LogP contribution in [0.1, 0.15) is 197 Å². The molecule has 6 rings (SSSR count). The molecule has 2 aliphatic rings. The van der Waals surface area contributed by atoms with Crippen molar-refractivity contribution in [3.05, 3.63) is 118 Å². The molecule has 4 aromatic rings. The summed E-state index contributed by atoms with van der Waals surface area (Å²) < 4.78 is 142. The quantitative estimate of drug-likeness (QED) is 0.0247. The highest BCUT2D eigenvalue weighted by Crippen LogP contribution is 2.52. The number of hydrogen-bond donors (Lipinski definition) is 3. The molecular formula is C63H80F10O8S2. The van der Waals surface area contributed by atoms with Crippen molar-refractivity contribution >= 4 is 35.5 Å². The van der Waals surface area contributed by atoms with Gasteiger partial charge >= 0.3 is 36.1 Å². The summed E-state index contributed by atoms with van der Waals surface area (Å²) in [7, 11) is 1.36. The number of halogens is 10. The van der Waals surface area contributed by atoms with Gasteiger partial charge in [-0.1, -0.05) is 127 Å². The van der Waals surface area contributed by atoms with Gasteiger partial charge in [-0.25, -0.2) is 9.59 Å². The third-order valence-corrected chi connectivity index (χ3v) is 18.4. The number of benzene rings is 4. The Hall–Kier alpha value is -4.98. The molecule has 3 N–H and O–H groups in total. The van der Waals surface area contributed by atoms with Gasteiger partial charge in [0.2, 0.25) is 0 Å². The highest BCUT2D eigenvalue weighted by Gasteiger charge is 2.57. The lowest BCUT2D eigenvalue weighted by atomic mass is 9.66. The van der Waals surface area contributed by atoms with Crippen LogP contribution in [0.2, 0.25) is 0 Å². The first-order valence-corrected chi connectivity index (χ1v) is 31.0. The molecule has 0 saturated heterocycles. The minimum atomic E-state index is -5.47. The third kappa shape index (κ3) is 20.1. The maximum absolute atomic E-state index is 12.9. The Morgan fingerprint density at radius 2 is 0.843 bits per heavy atom. The molecule has 4 aromatic carbocycles. The Kier molecular flexibility index (Phi) is 26.5. The van der Waals surface area contributed by atoms with Crippen molar-refractivity contribution in [3.63, 3.8) is 0 Å². The summed E-state index contributed by atoms with van der Waals surface area (Å²) in [6, 6.07) is 25.0. The van der Waals surface area contributed by atoms with E-state index in [9.17, 15) is 68.8 Å². The van der Waals surface area contributed by atoms with Crippen molar-refractivity contribution in [1.82, 2.24) is 0 Å². The SMILES string of the molecule is COC(=O)c1ccc([C@@]2(C)COc3cc(O)ccc3[C@H]2CCCCCCCCCSCCCC(F)(F)C(F)(F)F)cc1.C[C@]1(c2ccc(C(=O)O)cc2)COc2cc(O)ccc2[C@H]1CCCCCCCCCSCCCC(F)(F)C(F)(F)F. The van der Waals surface area contributed by atoms with E-state index in [0.29, 0.717) is 41.8 Å². The zero-order valence-electron chi connectivity index (χ0n) is 47.6. The van der Waals surface area contributed by atoms with Gasteiger partial charge in [0.1, 0.15) is 23.0 Å². The van der Waals surface area contributed by atoms with Gasteiger partial charge in [0.05, 0.1) is 31.5 Å². The standard InChI is InChI=1S/C32H41F5O4S.C31H39F5O4S/c1-30(24-14-12-23(13-15-24)29(39)40-2)22-41-28-21-25(38)16-17-26(28)27(30)11-8-6-4-3-5-7-9-19-42-20-10-18-31(33,34)32(35,36)37;1-29(23-13-11-22(12-14-23)28(38)39)21-40-27-20-24(37)15-16-25(27)26(29)10-7-5-3-2-4-6-8-18-41-19-9-17-30(32,33)31(34,35)36/h12-17,21,27,38H,3-11,18-20,22H2,1-2H3;11-16,20,26,37H,2-10,17-19,21H2,1H3,(H,38,39)/t27-,30-;26-,29-/m11/s1. The zero-order chi connectivity index (χ0) is 60.9. The molecule has 0 saturated carbocycles. The molecule has 83 heavy (non-hydrogen) atoms. The fourth-order valence-corrected chi connectivity index (χ4v) is 12.9. The van der Waals surface area contributed by atoms with Crippen LogP contribution in [0.5, 0.6) is 23.0 Å². The second-order valence-corrected chi connectivity index (χ2v) is 24.7. The van der Waals surface area contributed by atoms with Gasteiger partial charge in [0, 0.05) is 47.6 Å². The number of fused-ring (bicyclic) bond motifs is 2. The Morgan fingerprint density at radius 3 is 1.19 bits per heavy atom. The lowest BCUT2D eigenvalue weighted by Crippen LogP contribution is -2.40. The van der Waals surface area contributed by atoms with Crippen LogP contribution in [0.3, 0.4) is 0 Å². The average Bonchev–Trinajstić information content (AvgIpc) is 3.64. The fourth-order valence-electron chi connectivity index (χ4n) is 11.0. The van der Waals surface area contributed by atoms with Crippen LogP contribution in [0.25, 0.3) is 0 Å². The number of phenolic OH excluding ortho intramolecular Hbond substituents is 2. The van der Waals surface area contributed by atoms with Crippen molar-refractivity contribution in [2.75, 3.05) is 43.3 Å². The summed E-state index contributed by atoms with van der Waals surface area (Å²) in [6.45, 7) is 5.20. The lowest BCUT2D eigenvalue weighted by molar-refractivity contribution is -0.284. The molecule has 0 unspecified atom stereocenters.